The molecule has 2 aromatic carbocycles. The third-order valence-corrected chi connectivity index (χ3v) is 3.70. The monoisotopic (exact) mass is 296 g/mol. The van der Waals surface area contributed by atoms with Crippen molar-refractivity contribution in [1.29, 1.82) is 0 Å². The highest BCUT2D eigenvalue weighted by molar-refractivity contribution is 5.77. The highest BCUT2D eigenvalue weighted by Gasteiger charge is 2.16. The quantitative estimate of drug-likeness (QED) is 0.720. The van der Waals surface area contributed by atoms with Crippen LogP contribution in [0.1, 0.15) is 43.4 Å². The molecule has 0 aliphatic heterocycles. The zero-order valence-electron chi connectivity index (χ0n) is 13.6. The number of esters is 1. The van der Waals surface area contributed by atoms with E-state index in [2.05, 4.69) is 26.0 Å². The van der Waals surface area contributed by atoms with Gasteiger partial charge in [0.2, 0.25) is 0 Å². The molecule has 0 bridgehead atoms. The third kappa shape index (κ3) is 4.73. The second-order valence-corrected chi connectivity index (χ2v) is 6.15. The first-order valence-corrected chi connectivity index (χ1v) is 7.85. The SMILES string of the molecule is CC(C)Cc1ccc(C(C)C(=O)OCc2ccccc2)cc1. The molecular formula is C20H24O2. The minimum Gasteiger partial charge on any atom is -0.460 e. The summed E-state index contributed by atoms with van der Waals surface area (Å²) < 4.78 is 5.40. The molecule has 2 nitrogen and oxygen atoms in total. The molecule has 22 heavy (non-hydrogen) atoms. The third-order valence-electron chi connectivity index (χ3n) is 3.70. The van der Waals surface area contributed by atoms with Gasteiger partial charge in [-0.1, -0.05) is 68.4 Å². The van der Waals surface area contributed by atoms with E-state index in [1.807, 2.05) is 49.4 Å². The first-order chi connectivity index (χ1) is 10.6. The molecule has 0 heterocycles. The van der Waals surface area contributed by atoms with Crippen molar-refractivity contribution in [2.45, 2.75) is 39.7 Å². The molecule has 0 fully saturated rings. The summed E-state index contributed by atoms with van der Waals surface area (Å²) in [4.78, 5) is 12.2. The molecule has 0 aromatic heterocycles. The number of carbonyl (C=O) groups is 1. The van der Waals surface area contributed by atoms with Crippen molar-refractivity contribution < 1.29 is 9.53 Å². The average Bonchev–Trinajstić information content (AvgIpc) is 2.53. The molecule has 1 atom stereocenters. The van der Waals surface area contributed by atoms with Gasteiger partial charge in [-0.3, -0.25) is 4.79 Å². The molecule has 0 spiro atoms. The number of hydrogen-bond acceptors (Lipinski definition) is 2. The van der Waals surface area contributed by atoms with Gasteiger partial charge in [-0.25, -0.2) is 0 Å². The van der Waals surface area contributed by atoms with Crippen molar-refractivity contribution >= 4 is 5.97 Å². The standard InChI is InChI=1S/C20H24O2/c1-15(2)13-17-9-11-19(12-10-17)16(3)20(21)22-14-18-7-5-4-6-8-18/h4-12,15-16H,13-14H2,1-3H3. The molecule has 0 N–H and O–H groups in total. The lowest BCUT2D eigenvalue weighted by atomic mass is 9.97. The van der Waals surface area contributed by atoms with E-state index < -0.39 is 0 Å². The number of carbonyl (C=O) groups excluding carboxylic acids is 1. The fraction of sp³-hybridized carbons (Fsp3) is 0.350. The second kappa shape index (κ2) is 7.79. The summed E-state index contributed by atoms with van der Waals surface area (Å²) in [5.41, 5.74) is 3.32. The molecule has 0 saturated heterocycles. The van der Waals surface area contributed by atoms with Gasteiger partial charge in [0.15, 0.2) is 0 Å². The topological polar surface area (TPSA) is 26.3 Å². The molecule has 116 valence electrons. The lowest BCUT2D eigenvalue weighted by Crippen LogP contribution is -2.13. The van der Waals surface area contributed by atoms with Gasteiger partial charge in [-0.15, -0.1) is 0 Å². The van der Waals surface area contributed by atoms with E-state index in [1.165, 1.54) is 5.56 Å². The molecular weight excluding hydrogens is 272 g/mol. The van der Waals surface area contributed by atoms with Crippen LogP contribution in [0.15, 0.2) is 54.6 Å². The number of rotatable bonds is 6. The summed E-state index contributed by atoms with van der Waals surface area (Å²) in [5, 5.41) is 0. The van der Waals surface area contributed by atoms with E-state index in [9.17, 15) is 4.79 Å². The number of benzene rings is 2. The van der Waals surface area contributed by atoms with E-state index >= 15 is 0 Å². The fourth-order valence-electron chi connectivity index (χ4n) is 2.40. The maximum Gasteiger partial charge on any atom is 0.313 e. The Bertz CT molecular complexity index is 585. The highest BCUT2D eigenvalue weighted by Crippen LogP contribution is 2.19. The van der Waals surface area contributed by atoms with Gasteiger partial charge in [-0.2, -0.15) is 0 Å². The van der Waals surface area contributed by atoms with Crippen LogP contribution in [0.5, 0.6) is 0 Å². The number of ether oxygens (including phenoxy) is 1. The predicted octanol–water partition coefficient (Wildman–Crippen LogP) is 4.73. The van der Waals surface area contributed by atoms with Crippen molar-refractivity contribution in [2.75, 3.05) is 0 Å². The van der Waals surface area contributed by atoms with Crippen LogP contribution in [-0.4, -0.2) is 5.97 Å². The van der Waals surface area contributed by atoms with E-state index in [0.717, 1.165) is 17.5 Å². The molecule has 2 aromatic rings. The first kappa shape index (κ1) is 16.3. The number of hydrogen-bond donors (Lipinski definition) is 0. The summed E-state index contributed by atoms with van der Waals surface area (Å²) in [6.45, 7) is 6.63. The fourth-order valence-corrected chi connectivity index (χ4v) is 2.40. The van der Waals surface area contributed by atoms with Crippen LogP contribution in [0, 0.1) is 5.92 Å². The largest absolute Gasteiger partial charge is 0.460 e. The lowest BCUT2D eigenvalue weighted by Gasteiger charge is -2.13. The van der Waals surface area contributed by atoms with Crippen LogP contribution in [0.3, 0.4) is 0 Å². The zero-order chi connectivity index (χ0) is 15.9. The highest BCUT2D eigenvalue weighted by atomic mass is 16.5. The van der Waals surface area contributed by atoms with Gasteiger partial charge in [0, 0.05) is 0 Å². The molecule has 0 aliphatic carbocycles. The van der Waals surface area contributed by atoms with Crippen molar-refractivity contribution in [2.24, 2.45) is 5.92 Å². The molecule has 2 heteroatoms. The van der Waals surface area contributed by atoms with E-state index in [0.29, 0.717) is 12.5 Å². The minimum atomic E-state index is -0.239. The van der Waals surface area contributed by atoms with Crippen molar-refractivity contribution in [3.8, 4) is 0 Å². The maximum absolute atomic E-state index is 12.2. The maximum atomic E-state index is 12.2. The lowest BCUT2D eigenvalue weighted by molar-refractivity contribution is -0.146. The summed E-state index contributed by atoms with van der Waals surface area (Å²) in [5.74, 6) is 0.219. The Hall–Kier alpha value is -2.09. The molecule has 0 amide bonds. The predicted molar refractivity (Wildman–Crippen MR) is 89.6 cm³/mol. The Morgan fingerprint density at radius 3 is 2.14 bits per heavy atom. The van der Waals surface area contributed by atoms with Crippen LogP contribution in [0.2, 0.25) is 0 Å². The Labute approximate surface area is 133 Å². The molecule has 0 saturated carbocycles. The smallest absolute Gasteiger partial charge is 0.313 e. The van der Waals surface area contributed by atoms with Crippen LogP contribution in [0.4, 0.5) is 0 Å². The summed E-state index contributed by atoms with van der Waals surface area (Å²) in [7, 11) is 0. The summed E-state index contributed by atoms with van der Waals surface area (Å²) >= 11 is 0. The first-order valence-electron chi connectivity index (χ1n) is 7.85. The summed E-state index contributed by atoms with van der Waals surface area (Å²) in [6.07, 6.45) is 1.06. The van der Waals surface area contributed by atoms with E-state index in [4.69, 9.17) is 4.74 Å². The van der Waals surface area contributed by atoms with Gasteiger partial charge < -0.3 is 4.74 Å². The zero-order valence-corrected chi connectivity index (χ0v) is 13.6. The normalized spacial score (nSPS) is 12.2. The second-order valence-electron chi connectivity index (χ2n) is 6.15. The molecule has 2 rings (SSSR count). The van der Waals surface area contributed by atoms with Gasteiger partial charge >= 0.3 is 5.97 Å². The van der Waals surface area contributed by atoms with Crippen LogP contribution in [-0.2, 0) is 22.6 Å². The Balaban J connectivity index is 1.92. The van der Waals surface area contributed by atoms with Gasteiger partial charge in [0.25, 0.3) is 0 Å². The average molecular weight is 296 g/mol. The van der Waals surface area contributed by atoms with Gasteiger partial charge in [0.1, 0.15) is 6.61 Å². The Morgan fingerprint density at radius 2 is 1.55 bits per heavy atom. The molecule has 0 radical (unpaired) electrons. The van der Waals surface area contributed by atoms with Crippen molar-refractivity contribution in [1.82, 2.24) is 0 Å². The molecule has 1 unspecified atom stereocenters. The van der Waals surface area contributed by atoms with E-state index in [-0.39, 0.29) is 11.9 Å². The van der Waals surface area contributed by atoms with E-state index in [1.54, 1.807) is 0 Å². The molecule has 0 aliphatic rings. The van der Waals surface area contributed by atoms with Gasteiger partial charge in [0.05, 0.1) is 5.92 Å². The van der Waals surface area contributed by atoms with Crippen LogP contribution in [0.25, 0.3) is 0 Å². The Morgan fingerprint density at radius 1 is 0.909 bits per heavy atom. The van der Waals surface area contributed by atoms with Crippen molar-refractivity contribution in [3.63, 3.8) is 0 Å². The van der Waals surface area contributed by atoms with Crippen LogP contribution >= 0.6 is 0 Å². The Kier molecular flexibility index (Phi) is 5.76. The van der Waals surface area contributed by atoms with Crippen LogP contribution < -0.4 is 0 Å². The minimum absolute atomic E-state index is 0.180. The van der Waals surface area contributed by atoms with Crippen molar-refractivity contribution in [3.05, 3.63) is 71.3 Å². The summed E-state index contributed by atoms with van der Waals surface area (Å²) in [6, 6.07) is 18.0. The van der Waals surface area contributed by atoms with Gasteiger partial charge in [-0.05, 0) is 36.0 Å².